The molecule has 0 bridgehead atoms. The van der Waals surface area contributed by atoms with E-state index in [2.05, 4.69) is 86.3 Å². The molecule has 2 atom stereocenters. The minimum absolute atomic E-state index is 0.00473. The Labute approximate surface area is 197 Å². The van der Waals surface area contributed by atoms with Gasteiger partial charge in [-0.1, -0.05) is 41.3 Å². The van der Waals surface area contributed by atoms with Gasteiger partial charge in [-0.15, -0.1) is 0 Å². The molecule has 31 heavy (non-hydrogen) atoms. The Balaban J connectivity index is 1.62. The highest BCUT2D eigenvalue weighted by Gasteiger charge is 2.42. The lowest BCUT2D eigenvalue weighted by Gasteiger charge is -2.32. The first-order valence-electron chi connectivity index (χ1n) is 11.1. The number of thiocarbonyl (C=S) groups is 1. The van der Waals surface area contributed by atoms with E-state index in [1.165, 1.54) is 43.4 Å². The van der Waals surface area contributed by atoms with Crippen LogP contribution in [0.25, 0.3) is 0 Å². The summed E-state index contributed by atoms with van der Waals surface area (Å²) >= 11 is 9.53. The molecule has 0 radical (unpaired) electrons. The van der Waals surface area contributed by atoms with Crippen LogP contribution in [0.5, 0.6) is 0 Å². The molecule has 0 unspecified atom stereocenters. The second-order valence-electron chi connectivity index (χ2n) is 8.56. The molecule has 1 N–H and O–H groups in total. The number of aromatic nitrogens is 2. The van der Waals surface area contributed by atoms with Gasteiger partial charge in [-0.25, -0.2) is 0 Å². The normalized spacial score (nSPS) is 22.0. The summed E-state index contributed by atoms with van der Waals surface area (Å²) in [5, 5.41) is 4.34. The third-order valence-electron chi connectivity index (χ3n) is 6.60. The molecular formula is C25H27BrN4S. The molecule has 3 heterocycles. The topological polar surface area (TPSA) is 33.1 Å². The first-order chi connectivity index (χ1) is 15.1. The number of hydrogen-bond donors (Lipinski definition) is 1. The van der Waals surface area contributed by atoms with Crippen molar-refractivity contribution in [1.82, 2.24) is 14.9 Å². The van der Waals surface area contributed by atoms with Crippen LogP contribution in [0.3, 0.4) is 0 Å². The van der Waals surface area contributed by atoms with Crippen molar-refractivity contribution in [3.63, 3.8) is 0 Å². The number of hydrogen-bond acceptors (Lipinski definition) is 2. The smallest absolute Gasteiger partial charge is 0.174 e. The molecule has 1 aliphatic heterocycles. The molecule has 0 spiro atoms. The number of aryl methyl sites for hydroxylation is 1. The maximum Gasteiger partial charge on any atom is 0.174 e. The average Bonchev–Trinajstić information content (AvgIpc) is 3.41. The van der Waals surface area contributed by atoms with Crippen molar-refractivity contribution in [3.8, 4) is 0 Å². The molecule has 1 aromatic carbocycles. The van der Waals surface area contributed by atoms with E-state index in [1.54, 1.807) is 0 Å². The average molecular weight is 495 g/mol. The molecule has 1 saturated heterocycles. The van der Waals surface area contributed by atoms with Crippen molar-refractivity contribution < 1.29 is 0 Å². The van der Waals surface area contributed by atoms with Crippen LogP contribution < -0.4 is 10.2 Å². The minimum Gasteiger partial charge on any atom is -0.351 e. The third-order valence-corrected chi connectivity index (χ3v) is 7.81. The molecule has 2 aromatic heterocycles. The van der Waals surface area contributed by atoms with Crippen LogP contribution in [0.1, 0.15) is 67.2 Å². The Hall–Kier alpha value is -2.18. The van der Waals surface area contributed by atoms with Gasteiger partial charge in [0.15, 0.2) is 5.11 Å². The van der Waals surface area contributed by atoms with E-state index in [-0.39, 0.29) is 12.1 Å². The van der Waals surface area contributed by atoms with Crippen molar-refractivity contribution in [2.45, 2.75) is 57.2 Å². The number of halogens is 1. The van der Waals surface area contributed by atoms with Gasteiger partial charge in [0.25, 0.3) is 0 Å². The summed E-state index contributed by atoms with van der Waals surface area (Å²) < 4.78 is 3.62. The van der Waals surface area contributed by atoms with E-state index in [0.29, 0.717) is 6.04 Å². The van der Waals surface area contributed by atoms with Crippen LogP contribution in [0, 0.1) is 6.92 Å². The number of pyridine rings is 1. The monoisotopic (exact) mass is 494 g/mol. The predicted octanol–water partition coefficient (Wildman–Crippen LogP) is 6.64. The van der Waals surface area contributed by atoms with Gasteiger partial charge in [0.2, 0.25) is 0 Å². The standard InChI is InChI=1S/C25H27BrN4S/c1-17-16-19(12-13-20(17)26)30-24(23(28-25(30)31)21-10-5-6-14-27-21)22-11-7-15-29(22)18-8-3-2-4-9-18/h5-7,10-16,18,23-24H,2-4,8-9H2,1H3,(H,28,31)/t23-,24-/m1/s1. The fourth-order valence-corrected chi connectivity index (χ4v) is 5.65. The molecule has 4 nitrogen and oxygen atoms in total. The fraction of sp³-hybridized carbons (Fsp3) is 0.360. The van der Waals surface area contributed by atoms with Gasteiger partial charge in [0.1, 0.15) is 6.04 Å². The summed E-state index contributed by atoms with van der Waals surface area (Å²) in [6.45, 7) is 2.12. The van der Waals surface area contributed by atoms with E-state index in [9.17, 15) is 0 Å². The Bertz CT molecular complexity index is 1070. The lowest BCUT2D eigenvalue weighted by atomic mass is 9.94. The van der Waals surface area contributed by atoms with Crippen molar-refractivity contribution in [1.29, 1.82) is 0 Å². The lowest BCUT2D eigenvalue weighted by molar-refractivity contribution is 0.340. The van der Waals surface area contributed by atoms with Gasteiger partial charge in [-0.3, -0.25) is 4.98 Å². The molecule has 2 aliphatic rings. The van der Waals surface area contributed by atoms with Crippen molar-refractivity contribution in [3.05, 3.63) is 82.3 Å². The van der Waals surface area contributed by atoms with E-state index in [0.717, 1.165) is 21.0 Å². The SMILES string of the molecule is Cc1cc(N2C(=S)N[C@H](c3ccccn3)[C@H]2c2cccn2C2CCCCC2)ccc1Br. The Morgan fingerprint density at radius 2 is 1.90 bits per heavy atom. The summed E-state index contributed by atoms with van der Waals surface area (Å²) in [7, 11) is 0. The van der Waals surface area contributed by atoms with Crippen LogP contribution in [0.4, 0.5) is 5.69 Å². The van der Waals surface area contributed by atoms with Gasteiger partial charge < -0.3 is 14.8 Å². The number of anilines is 1. The quantitative estimate of drug-likeness (QED) is 0.412. The van der Waals surface area contributed by atoms with Gasteiger partial charge >= 0.3 is 0 Å². The molecule has 2 fully saturated rings. The molecule has 3 aromatic rings. The van der Waals surface area contributed by atoms with Crippen LogP contribution in [-0.2, 0) is 0 Å². The summed E-state index contributed by atoms with van der Waals surface area (Å²) in [5.41, 5.74) is 4.62. The molecule has 1 aliphatic carbocycles. The highest BCUT2D eigenvalue weighted by Crippen LogP contribution is 2.44. The van der Waals surface area contributed by atoms with Crippen LogP contribution >= 0.6 is 28.1 Å². The van der Waals surface area contributed by atoms with Gasteiger partial charge in [-0.05, 0) is 80.0 Å². The summed E-state index contributed by atoms with van der Waals surface area (Å²) in [6, 6.07) is 17.6. The molecule has 1 saturated carbocycles. The van der Waals surface area contributed by atoms with Gasteiger partial charge in [-0.2, -0.15) is 0 Å². The predicted molar refractivity (Wildman–Crippen MR) is 133 cm³/mol. The number of benzene rings is 1. The molecule has 6 heteroatoms. The van der Waals surface area contributed by atoms with E-state index >= 15 is 0 Å². The van der Waals surface area contributed by atoms with E-state index < -0.39 is 0 Å². The molecule has 160 valence electrons. The highest BCUT2D eigenvalue weighted by molar-refractivity contribution is 9.10. The van der Waals surface area contributed by atoms with Gasteiger partial charge in [0, 0.05) is 34.3 Å². The first kappa shape index (κ1) is 20.7. The second kappa shape index (κ2) is 8.75. The summed E-state index contributed by atoms with van der Waals surface area (Å²) in [4.78, 5) is 6.97. The van der Waals surface area contributed by atoms with Gasteiger partial charge in [0.05, 0.1) is 11.7 Å². The summed E-state index contributed by atoms with van der Waals surface area (Å²) in [5.74, 6) is 0. The number of rotatable bonds is 4. The van der Waals surface area contributed by atoms with Crippen molar-refractivity contribution in [2.24, 2.45) is 0 Å². The third kappa shape index (κ3) is 3.92. The second-order valence-corrected chi connectivity index (χ2v) is 9.80. The van der Waals surface area contributed by atoms with E-state index in [1.807, 2.05) is 12.3 Å². The lowest BCUT2D eigenvalue weighted by Crippen LogP contribution is -2.31. The Kier molecular flexibility index (Phi) is 5.85. The van der Waals surface area contributed by atoms with Crippen LogP contribution in [0.2, 0.25) is 0 Å². The zero-order valence-electron chi connectivity index (χ0n) is 17.7. The molecular weight excluding hydrogens is 468 g/mol. The summed E-state index contributed by atoms with van der Waals surface area (Å²) in [6.07, 6.45) is 10.6. The first-order valence-corrected chi connectivity index (χ1v) is 12.3. The molecule has 0 amide bonds. The number of nitrogens with one attached hydrogen (secondary N) is 1. The minimum atomic E-state index is -0.00473. The Morgan fingerprint density at radius 1 is 1.06 bits per heavy atom. The highest BCUT2D eigenvalue weighted by atomic mass is 79.9. The van der Waals surface area contributed by atoms with E-state index in [4.69, 9.17) is 17.2 Å². The zero-order valence-corrected chi connectivity index (χ0v) is 20.1. The van der Waals surface area contributed by atoms with Crippen LogP contribution in [0.15, 0.2) is 65.4 Å². The molecule has 5 rings (SSSR count). The zero-order chi connectivity index (χ0) is 21.4. The van der Waals surface area contributed by atoms with Crippen LogP contribution in [-0.4, -0.2) is 14.7 Å². The van der Waals surface area contributed by atoms with Crippen molar-refractivity contribution >= 4 is 38.9 Å². The maximum absolute atomic E-state index is 5.89. The fourth-order valence-electron chi connectivity index (χ4n) is 5.06. The Morgan fingerprint density at radius 3 is 2.65 bits per heavy atom. The maximum atomic E-state index is 5.89. The van der Waals surface area contributed by atoms with Crippen molar-refractivity contribution in [2.75, 3.05) is 4.90 Å². The largest absolute Gasteiger partial charge is 0.351 e. The number of nitrogens with zero attached hydrogens (tertiary/aromatic N) is 3.